The van der Waals surface area contributed by atoms with Crippen LogP contribution in [0.25, 0.3) is 0 Å². The third-order valence-electron chi connectivity index (χ3n) is 4.70. The van der Waals surface area contributed by atoms with Gasteiger partial charge in [0.25, 0.3) is 0 Å². The van der Waals surface area contributed by atoms with Crippen molar-refractivity contribution in [1.82, 2.24) is 15.2 Å². The van der Waals surface area contributed by atoms with Gasteiger partial charge in [-0.25, -0.2) is 4.98 Å². The number of pyridine rings is 1. The van der Waals surface area contributed by atoms with Crippen LogP contribution in [0.1, 0.15) is 24.0 Å². The zero-order valence-corrected chi connectivity index (χ0v) is 16.8. The molecule has 1 aliphatic rings. The van der Waals surface area contributed by atoms with Gasteiger partial charge in [0.15, 0.2) is 5.96 Å². The molecule has 1 N–H and O–H groups in total. The molecule has 1 heterocycles. The summed E-state index contributed by atoms with van der Waals surface area (Å²) >= 11 is 0. The molecule has 0 radical (unpaired) electrons. The quantitative estimate of drug-likeness (QED) is 0.389. The van der Waals surface area contributed by atoms with Crippen molar-refractivity contribution in [2.24, 2.45) is 10.9 Å². The molecule has 0 spiro atoms. The van der Waals surface area contributed by atoms with Crippen LogP contribution in [0.2, 0.25) is 0 Å². The van der Waals surface area contributed by atoms with E-state index in [1.54, 1.807) is 13.2 Å². The first-order valence-corrected chi connectivity index (χ1v) is 9.86. The van der Waals surface area contributed by atoms with Gasteiger partial charge in [-0.05, 0) is 30.4 Å². The van der Waals surface area contributed by atoms with Crippen LogP contribution in [0.4, 0.5) is 0 Å². The number of nitrogens with one attached hydrogen (secondary N) is 1. The zero-order valence-electron chi connectivity index (χ0n) is 16.8. The highest BCUT2D eigenvalue weighted by Crippen LogP contribution is 2.28. The minimum atomic E-state index is 0.498. The smallest absolute Gasteiger partial charge is 0.218 e. The second-order valence-corrected chi connectivity index (χ2v) is 7.08. The van der Waals surface area contributed by atoms with Crippen LogP contribution in [-0.2, 0) is 17.9 Å². The summed E-state index contributed by atoms with van der Waals surface area (Å²) in [6.07, 6.45) is 4.39. The van der Waals surface area contributed by atoms with Crippen LogP contribution < -0.4 is 10.1 Å². The predicted octanol–water partition coefficient (Wildman–Crippen LogP) is 3.09. The van der Waals surface area contributed by atoms with E-state index >= 15 is 0 Å². The van der Waals surface area contributed by atoms with Crippen LogP contribution in [0.15, 0.2) is 53.7 Å². The van der Waals surface area contributed by atoms with Gasteiger partial charge in [0.2, 0.25) is 5.88 Å². The number of aliphatic imine (C=N–C) groups is 1. The summed E-state index contributed by atoms with van der Waals surface area (Å²) in [7, 11) is 3.81. The van der Waals surface area contributed by atoms with Crippen molar-refractivity contribution >= 4 is 5.96 Å². The second-order valence-electron chi connectivity index (χ2n) is 7.08. The van der Waals surface area contributed by atoms with Crippen molar-refractivity contribution in [1.29, 1.82) is 0 Å². The van der Waals surface area contributed by atoms with E-state index in [0.29, 0.717) is 25.6 Å². The Morgan fingerprint density at radius 3 is 2.79 bits per heavy atom. The van der Waals surface area contributed by atoms with E-state index in [2.05, 4.69) is 20.2 Å². The van der Waals surface area contributed by atoms with Gasteiger partial charge in [0, 0.05) is 45.6 Å². The Morgan fingerprint density at radius 2 is 2.04 bits per heavy atom. The number of hydrogen-bond acceptors (Lipinski definition) is 4. The van der Waals surface area contributed by atoms with E-state index in [-0.39, 0.29) is 0 Å². The van der Waals surface area contributed by atoms with E-state index in [9.17, 15) is 0 Å². The van der Waals surface area contributed by atoms with Crippen LogP contribution in [0.5, 0.6) is 5.88 Å². The van der Waals surface area contributed by atoms with Crippen molar-refractivity contribution in [3.63, 3.8) is 0 Å². The summed E-state index contributed by atoms with van der Waals surface area (Å²) in [6, 6.07) is 14.0. The van der Waals surface area contributed by atoms with Gasteiger partial charge in [0.05, 0.1) is 6.61 Å². The Labute approximate surface area is 167 Å². The third-order valence-corrected chi connectivity index (χ3v) is 4.70. The van der Waals surface area contributed by atoms with Crippen molar-refractivity contribution in [3.05, 3.63) is 59.8 Å². The fraction of sp³-hybridized carbons (Fsp3) is 0.455. The molecular formula is C22H30N4O2. The molecule has 150 valence electrons. The van der Waals surface area contributed by atoms with Crippen LogP contribution in [0.3, 0.4) is 0 Å². The summed E-state index contributed by atoms with van der Waals surface area (Å²) in [5, 5.41) is 3.39. The van der Waals surface area contributed by atoms with Crippen molar-refractivity contribution < 1.29 is 9.47 Å². The fourth-order valence-electron chi connectivity index (χ4n) is 2.82. The highest BCUT2D eigenvalue weighted by molar-refractivity contribution is 5.79. The molecule has 1 aliphatic carbocycles. The van der Waals surface area contributed by atoms with Gasteiger partial charge in [-0.15, -0.1) is 0 Å². The average molecular weight is 383 g/mol. The van der Waals surface area contributed by atoms with Gasteiger partial charge < -0.3 is 19.7 Å². The Kier molecular flexibility index (Phi) is 7.67. The summed E-state index contributed by atoms with van der Waals surface area (Å²) < 4.78 is 11.7. The molecule has 6 nitrogen and oxygen atoms in total. The van der Waals surface area contributed by atoms with Crippen molar-refractivity contribution in [3.8, 4) is 5.88 Å². The first-order valence-electron chi connectivity index (χ1n) is 9.86. The minimum Gasteiger partial charge on any atom is -0.473 e. The molecule has 2 aromatic rings. The SMILES string of the molecule is CN=C(NCc1cccnc1OCc1ccccc1)N(C)CCOCC1CC1. The Bertz CT molecular complexity index is 747. The molecule has 0 bridgehead atoms. The van der Waals surface area contributed by atoms with Gasteiger partial charge in [-0.2, -0.15) is 0 Å². The standard InChI is InChI=1S/C22H30N4O2/c1-23-22(26(2)13-14-27-16-19-10-11-19)25-15-20-9-6-12-24-21(20)28-17-18-7-4-3-5-8-18/h3-9,12,19H,10-11,13-17H2,1-2H3,(H,23,25). The molecule has 3 rings (SSSR count). The van der Waals surface area contributed by atoms with E-state index in [1.807, 2.05) is 49.5 Å². The number of aromatic nitrogens is 1. The molecule has 28 heavy (non-hydrogen) atoms. The van der Waals surface area contributed by atoms with E-state index in [0.717, 1.165) is 36.2 Å². The molecular weight excluding hydrogens is 352 g/mol. The lowest BCUT2D eigenvalue weighted by Gasteiger charge is -2.22. The molecule has 0 unspecified atom stereocenters. The molecule has 1 aromatic heterocycles. The number of rotatable bonds is 10. The molecule has 0 saturated heterocycles. The maximum Gasteiger partial charge on any atom is 0.218 e. The highest BCUT2D eigenvalue weighted by atomic mass is 16.5. The normalized spacial score (nSPS) is 14.0. The van der Waals surface area contributed by atoms with Gasteiger partial charge in [0.1, 0.15) is 6.61 Å². The number of hydrogen-bond donors (Lipinski definition) is 1. The van der Waals surface area contributed by atoms with Gasteiger partial charge in [-0.1, -0.05) is 36.4 Å². The Balaban J connectivity index is 1.47. The largest absolute Gasteiger partial charge is 0.473 e. The lowest BCUT2D eigenvalue weighted by atomic mass is 10.2. The maximum absolute atomic E-state index is 5.93. The van der Waals surface area contributed by atoms with E-state index in [1.165, 1.54) is 12.8 Å². The maximum atomic E-state index is 5.93. The van der Waals surface area contributed by atoms with Gasteiger partial charge in [-0.3, -0.25) is 4.99 Å². The zero-order chi connectivity index (χ0) is 19.6. The minimum absolute atomic E-state index is 0.498. The van der Waals surface area contributed by atoms with Crippen molar-refractivity contribution in [2.75, 3.05) is 33.9 Å². The Hall–Kier alpha value is -2.60. The summed E-state index contributed by atoms with van der Waals surface area (Å²) in [4.78, 5) is 10.8. The first kappa shape index (κ1) is 20.1. The molecule has 1 aromatic carbocycles. The van der Waals surface area contributed by atoms with Crippen LogP contribution >= 0.6 is 0 Å². The average Bonchev–Trinajstić information content (AvgIpc) is 3.56. The fourth-order valence-corrected chi connectivity index (χ4v) is 2.82. The Morgan fingerprint density at radius 1 is 1.21 bits per heavy atom. The number of nitrogens with zero attached hydrogens (tertiary/aromatic N) is 3. The molecule has 0 aliphatic heterocycles. The second kappa shape index (κ2) is 10.7. The molecule has 1 saturated carbocycles. The number of benzene rings is 1. The van der Waals surface area contributed by atoms with Crippen molar-refractivity contribution in [2.45, 2.75) is 26.0 Å². The predicted molar refractivity (Wildman–Crippen MR) is 111 cm³/mol. The van der Waals surface area contributed by atoms with E-state index in [4.69, 9.17) is 9.47 Å². The summed E-state index contributed by atoms with van der Waals surface area (Å²) in [6.45, 7) is 3.50. The molecule has 0 atom stereocenters. The lowest BCUT2D eigenvalue weighted by Crippen LogP contribution is -2.40. The number of ether oxygens (including phenoxy) is 2. The molecule has 0 amide bonds. The van der Waals surface area contributed by atoms with E-state index < -0.39 is 0 Å². The van der Waals surface area contributed by atoms with Crippen LogP contribution in [-0.4, -0.2) is 49.7 Å². The number of guanidine groups is 1. The third kappa shape index (κ3) is 6.53. The molecule has 1 fully saturated rings. The lowest BCUT2D eigenvalue weighted by molar-refractivity contribution is 0.115. The summed E-state index contributed by atoms with van der Waals surface area (Å²) in [5.74, 6) is 2.26. The number of likely N-dealkylation sites (N-methyl/N-ethyl adjacent to an activating group) is 1. The first-order chi connectivity index (χ1) is 13.8. The highest BCUT2D eigenvalue weighted by Gasteiger charge is 2.21. The van der Waals surface area contributed by atoms with Crippen LogP contribution in [0, 0.1) is 5.92 Å². The topological polar surface area (TPSA) is 59.0 Å². The summed E-state index contributed by atoms with van der Waals surface area (Å²) in [5.41, 5.74) is 2.12. The van der Waals surface area contributed by atoms with Gasteiger partial charge >= 0.3 is 0 Å². The monoisotopic (exact) mass is 382 g/mol. The molecule has 6 heteroatoms.